The molecule has 2 aromatic rings. The first-order valence-electron chi connectivity index (χ1n) is 10.2. The topological polar surface area (TPSA) is 117 Å². The lowest BCUT2D eigenvalue weighted by Crippen LogP contribution is -2.24. The van der Waals surface area contributed by atoms with E-state index >= 15 is 0 Å². The van der Waals surface area contributed by atoms with Gasteiger partial charge in [0.05, 0.1) is 12.0 Å². The van der Waals surface area contributed by atoms with E-state index in [0.717, 1.165) is 0 Å². The number of nitro groups is 1. The molecule has 0 aliphatic carbocycles. The first-order valence-corrected chi connectivity index (χ1v) is 10.2. The lowest BCUT2D eigenvalue weighted by atomic mass is 10.1. The Labute approximate surface area is 185 Å². The first-order chi connectivity index (χ1) is 15.5. The van der Waals surface area contributed by atoms with E-state index in [1.165, 1.54) is 6.08 Å². The lowest BCUT2D eigenvalue weighted by molar-refractivity contribution is -0.417. The second-order valence-electron chi connectivity index (χ2n) is 7.12. The van der Waals surface area contributed by atoms with Crippen molar-refractivity contribution in [2.45, 2.75) is 25.7 Å². The summed E-state index contributed by atoms with van der Waals surface area (Å²) >= 11 is 0. The number of methoxy groups -OCH3 is 1. The summed E-state index contributed by atoms with van der Waals surface area (Å²) in [6.45, 7) is 0.554. The van der Waals surface area contributed by atoms with Crippen LogP contribution in [0.5, 0.6) is 17.2 Å². The smallest absolute Gasteiger partial charge is 0.312 e. The number of carbonyl (C=O) groups is 2. The summed E-state index contributed by atoms with van der Waals surface area (Å²) in [7, 11) is 1.56. The van der Waals surface area contributed by atoms with E-state index in [2.05, 4.69) is 5.32 Å². The predicted molar refractivity (Wildman–Crippen MR) is 116 cm³/mol. The molecule has 1 aliphatic heterocycles. The van der Waals surface area contributed by atoms with Crippen molar-refractivity contribution in [1.29, 1.82) is 0 Å². The van der Waals surface area contributed by atoms with E-state index in [0.29, 0.717) is 54.2 Å². The molecule has 0 bridgehead atoms. The minimum atomic E-state index is -0.665. The zero-order chi connectivity index (χ0) is 22.9. The fraction of sp³-hybridized carbons (Fsp3) is 0.304. The van der Waals surface area contributed by atoms with Gasteiger partial charge in [0.25, 0.3) is 5.91 Å². The molecule has 0 saturated heterocycles. The molecule has 0 saturated carbocycles. The van der Waals surface area contributed by atoms with Gasteiger partial charge >= 0.3 is 5.70 Å². The maximum atomic E-state index is 12.4. The number of nitrogens with zero attached hydrogens (tertiary/aromatic N) is 1. The van der Waals surface area contributed by atoms with Gasteiger partial charge in [-0.2, -0.15) is 0 Å². The molecule has 1 amide bonds. The zero-order valence-electron chi connectivity index (χ0n) is 17.7. The van der Waals surface area contributed by atoms with Crippen LogP contribution in [0.1, 0.15) is 41.6 Å². The fourth-order valence-electron chi connectivity index (χ4n) is 3.16. The van der Waals surface area contributed by atoms with Crippen molar-refractivity contribution < 1.29 is 28.7 Å². The number of rotatable bonds is 11. The van der Waals surface area contributed by atoms with Crippen LogP contribution >= 0.6 is 0 Å². The SMILES string of the molecule is COc1ccc(C(=O)NCCCCCC(=O)/C(=C/c2ccc3c(c2)OCO3)[N+](=O)[O-])cc1. The van der Waals surface area contributed by atoms with Gasteiger partial charge in [0.15, 0.2) is 11.5 Å². The van der Waals surface area contributed by atoms with E-state index in [4.69, 9.17) is 14.2 Å². The van der Waals surface area contributed by atoms with Crippen molar-refractivity contribution in [3.05, 3.63) is 69.4 Å². The number of carbonyl (C=O) groups excluding carboxylic acids is 2. The Balaban J connectivity index is 1.42. The summed E-state index contributed by atoms with van der Waals surface area (Å²) in [5.41, 5.74) is 0.567. The Kier molecular flexibility index (Phi) is 7.80. The molecule has 0 unspecified atom stereocenters. The minimum Gasteiger partial charge on any atom is -0.497 e. The molecule has 1 aliphatic rings. The third-order valence-corrected chi connectivity index (χ3v) is 4.90. The second-order valence-corrected chi connectivity index (χ2v) is 7.12. The first kappa shape index (κ1) is 22.8. The van der Waals surface area contributed by atoms with Crippen molar-refractivity contribution in [2.24, 2.45) is 0 Å². The van der Waals surface area contributed by atoms with E-state index in [1.54, 1.807) is 49.6 Å². The number of allylic oxidation sites excluding steroid dienone is 1. The molecule has 1 N–H and O–H groups in total. The van der Waals surface area contributed by atoms with Gasteiger partial charge in [0.1, 0.15) is 5.75 Å². The van der Waals surface area contributed by atoms with Gasteiger partial charge in [-0.05, 0) is 54.8 Å². The molecule has 2 aromatic carbocycles. The van der Waals surface area contributed by atoms with Gasteiger partial charge in [-0.25, -0.2) is 0 Å². The van der Waals surface area contributed by atoms with Crippen LogP contribution in [0.3, 0.4) is 0 Å². The zero-order valence-corrected chi connectivity index (χ0v) is 17.7. The molecule has 0 spiro atoms. The molecule has 0 fully saturated rings. The van der Waals surface area contributed by atoms with Crippen LogP contribution in [0.15, 0.2) is 48.2 Å². The highest BCUT2D eigenvalue weighted by Gasteiger charge is 2.22. The molecule has 9 nitrogen and oxygen atoms in total. The molecule has 0 atom stereocenters. The third-order valence-electron chi connectivity index (χ3n) is 4.90. The molecule has 0 radical (unpaired) electrons. The molecule has 0 aromatic heterocycles. The molecule has 32 heavy (non-hydrogen) atoms. The summed E-state index contributed by atoms with van der Waals surface area (Å²) in [4.78, 5) is 35.1. The monoisotopic (exact) mass is 440 g/mol. The second kappa shape index (κ2) is 10.9. The van der Waals surface area contributed by atoms with E-state index < -0.39 is 16.4 Å². The quantitative estimate of drug-likeness (QED) is 0.245. The molecule has 3 rings (SSSR count). The van der Waals surface area contributed by atoms with Crippen LogP contribution in [0.25, 0.3) is 6.08 Å². The number of nitrogens with one attached hydrogen (secondary N) is 1. The maximum Gasteiger partial charge on any atom is 0.312 e. The molecular formula is C23H24N2O7. The summed E-state index contributed by atoms with van der Waals surface area (Å²) < 4.78 is 15.5. The van der Waals surface area contributed by atoms with Crippen molar-refractivity contribution in [2.75, 3.05) is 20.4 Å². The van der Waals surface area contributed by atoms with E-state index in [-0.39, 0.29) is 19.1 Å². The third kappa shape index (κ3) is 6.07. The van der Waals surface area contributed by atoms with Crippen LogP contribution in [-0.2, 0) is 4.79 Å². The molecule has 9 heteroatoms. The van der Waals surface area contributed by atoms with Crippen LogP contribution in [-0.4, -0.2) is 37.1 Å². The van der Waals surface area contributed by atoms with Crippen LogP contribution in [0.4, 0.5) is 0 Å². The highest BCUT2D eigenvalue weighted by molar-refractivity contribution is 5.97. The van der Waals surface area contributed by atoms with Gasteiger partial charge in [0, 0.05) is 24.6 Å². The number of amides is 1. The maximum absolute atomic E-state index is 12.4. The highest BCUT2D eigenvalue weighted by atomic mass is 16.7. The Morgan fingerprint density at radius 3 is 2.56 bits per heavy atom. The van der Waals surface area contributed by atoms with Crippen LogP contribution in [0, 0.1) is 10.1 Å². The molecule has 1 heterocycles. The summed E-state index contributed by atoms with van der Waals surface area (Å²) in [5, 5.41) is 14.2. The summed E-state index contributed by atoms with van der Waals surface area (Å²) in [6, 6.07) is 11.7. The number of fused-ring (bicyclic) bond motifs is 1. The number of hydrogen-bond donors (Lipinski definition) is 1. The average Bonchev–Trinajstić information content (AvgIpc) is 3.27. The van der Waals surface area contributed by atoms with Crippen LogP contribution < -0.4 is 19.5 Å². The number of unbranched alkanes of at least 4 members (excludes halogenated alkanes) is 2. The number of Topliss-reactive ketones (excluding diaryl/α,β-unsaturated/α-hetero) is 1. The number of ketones is 1. The van der Waals surface area contributed by atoms with Crippen molar-refractivity contribution in [3.8, 4) is 17.2 Å². The predicted octanol–water partition coefficient (Wildman–Crippen LogP) is 3.60. The van der Waals surface area contributed by atoms with E-state index in [1.807, 2.05) is 0 Å². The molecular weight excluding hydrogens is 416 g/mol. The summed E-state index contributed by atoms with van der Waals surface area (Å²) in [6.07, 6.45) is 3.12. The van der Waals surface area contributed by atoms with Gasteiger partial charge in [-0.15, -0.1) is 0 Å². The van der Waals surface area contributed by atoms with Crippen molar-refractivity contribution in [1.82, 2.24) is 5.32 Å². The lowest BCUT2D eigenvalue weighted by Gasteiger charge is -2.06. The minimum absolute atomic E-state index is 0.0593. The average molecular weight is 440 g/mol. The van der Waals surface area contributed by atoms with E-state index in [9.17, 15) is 19.7 Å². The van der Waals surface area contributed by atoms with Crippen LogP contribution in [0.2, 0.25) is 0 Å². The van der Waals surface area contributed by atoms with Gasteiger partial charge in [0.2, 0.25) is 12.6 Å². The van der Waals surface area contributed by atoms with Crippen molar-refractivity contribution >= 4 is 17.8 Å². The number of ether oxygens (including phenoxy) is 3. The number of benzene rings is 2. The molecule has 168 valence electrons. The Morgan fingerprint density at radius 1 is 1.09 bits per heavy atom. The fourth-order valence-corrected chi connectivity index (χ4v) is 3.16. The Morgan fingerprint density at radius 2 is 1.84 bits per heavy atom. The normalized spacial score (nSPS) is 12.3. The largest absolute Gasteiger partial charge is 0.497 e. The summed E-state index contributed by atoms with van der Waals surface area (Å²) in [5.74, 6) is 1.01. The van der Waals surface area contributed by atoms with Gasteiger partial charge in [-0.3, -0.25) is 19.7 Å². The van der Waals surface area contributed by atoms with Crippen molar-refractivity contribution in [3.63, 3.8) is 0 Å². The Hall–Kier alpha value is -3.88. The Bertz CT molecular complexity index is 1020. The number of hydrogen-bond acceptors (Lipinski definition) is 7. The van der Waals surface area contributed by atoms with Gasteiger partial charge < -0.3 is 19.5 Å². The highest BCUT2D eigenvalue weighted by Crippen LogP contribution is 2.33. The van der Waals surface area contributed by atoms with Gasteiger partial charge in [-0.1, -0.05) is 12.5 Å². The standard InChI is InChI=1S/C23H24N2O7/c1-30-18-9-7-17(8-10-18)23(27)24-12-4-2-3-5-20(26)19(25(28)29)13-16-6-11-21-22(14-16)32-15-31-21/h6-11,13-14H,2-5,12,15H2,1H3,(H,24,27)/b19-13-.